The fraction of sp³-hybridized carbons (Fsp3) is 0. The molecule has 0 unspecified atom stereocenters. The standard InChI is InChI=1S/C11H8ClFN4O/c12-6-1-2-7(13)8(3-6)17-11(18)9-4-16-10(14)5-15-9/h1-5H,(H2,14,16)(H,17,18). The van der Waals surface area contributed by atoms with Gasteiger partial charge in [0.05, 0.1) is 18.1 Å². The average molecular weight is 267 g/mol. The Bertz CT molecular complexity index is 588. The summed E-state index contributed by atoms with van der Waals surface area (Å²) in [5.41, 5.74) is 5.35. The number of carbonyl (C=O) groups excluding carboxylic acids is 1. The lowest BCUT2D eigenvalue weighted by atomic mass is 10.3. The number of nitrogens with two attached hydrogens (primary N) is 1. The summed E-state index contributed by atoms with van der Waals surface area (Å²) in [5, 5.41) is 2.66. The number of anilines is 2. The minimum atomic E-state index is -0.594. The summed E-state index contributed by atoms with van der Waals surface area (Å²) in [5.74, 6) is -0.986. The Hall–Kier alpha value is -2.21. The highest BCUT2D eigenvalue weighted by atomic mass is 35.5. The van der Waals surface area contributed by atoms with E-state index in [-0.39, 0.29) is 17.2 Å². The van der Waals surface area contributed by atoms with E-state index in [2.05, 4.69) is 15.3 Å². The van der Waals surface area contributed by atoms with E-state index < -0.39 is 11.7 Å². The number of aromatic nitrogens is 2. The van der Waals surface area contributed by atoms with Crippen molar-refractivity contribution in [2.45, 2.75) is 0 Å². The number of rotatable bonds is 2. The monoisotopic (exact) mass is 266 g/mol. The molecule has 3 N–H and O–H groups in total. The van der Waals surface area contributed by atoms with Crippen LogP contribution in [0.5, 0.6) is 0 Å². The molecule has 0 spiro atoms. The van der Waals surface area contributed by atoms with Crippen molar-refractivity contribution in [3.05, 3.63) is 47.1 Å². The lowest BCUT2D eigenvalue weighted by molar-refractivity contribution is 0.102. The third kappa shape index (κ3) is 2.72. The first-order valence-electron chi connectivity index (χ1n) is 4.90. The number of nitrogen functional groups attached to an aromatic ring is 1. The summed E-state index contributed by atoms with van der Waals surface area (Å²) in [6.45, 7) is 0. The van der Waals surface area contributed by atoms with Gasteiger partial charge in [0, 0.05) is 5.02 Å². The lowest BCUT2D eigenvalue weighted by Gasteiger charge is -2.06. The van der Waals surface area contributed by atoms with Crippen LogP contribution < -0.4 is 11.1 Å². The summed E-state index contributed by atoms with van der Waals surface area (Å²) < 4.78 is 13.4. The largest absolute Gasteiger partial charge is 0.382 e. The summed E-state index contributed by atoms with van der Waals surface area (Å²) in [6.07, 6.45) is 2.44. The SMILES string of the molecule is Nc1cnc(C(=O)Nc2cc(Cl)ccc2F)cn1. The molecule has 1 amide bonds. The molecule has 0 saturated carbocycles. The predicted molar refractivity (Wildman–Crippen MR) is 65.8 cm³/mol. The number of nitrogens with zero attached hydrogens (tertiary/aromatic N) is 2. The zero-order valence-corrected chi connectivity index (χ0v) is 9.78. The molecule has 0 aliphatic heterocycles. The van der Waals surface area contributed by atoms with Crippen molar-refractivity contribution in [2.24, 2.45) is 0 Å². The summed E-state index contributed by atoms with van der Waals surface area (Å²) in [4.78, 5) is 19.2. The van der Waals surface area contributed by atoms with Crippen LogP contribution in [0.4, 0.5) is 15.9 Å². The zero-order valence-electron chi connectivity index (χ0n) is 9.02. The van der Waals surface area contributed by atoms with Gasteiger partial charge in [-0.2, -0.15) is 0 Å². The molecular formula is C11H8ClFN4O. The number of nitrogens with one attached hydrogen (secondary N) is 1. The van der Waals surface area contributed by atoms with Crippen molar-refractivity contribution in [3.63, 3.8) is 0 Å². The quantitative estimate of drug-likeness (QED) is 0.872. The number of carbonyl (C=O) groups is 1. The highest BCUT2D eigenvalue weighted by Crippen LogP contribution is 2.19. The smallest absolute Gasteiger partial charge is 0.275 e. The topological polar surface area (TPSA) is 80.9 Å². The van der Waals surface area contributed by atoms with Crippen LogP contribution in [0.2, 0.25) is 5.02 Å². The maximum atomic E-state index is 13.4. The van der Waals surface area contributed by atoms with E-state index in [1.165, 1.54) is 24.5 Å². The van der Waals surface area contributed by atoms with Gasteiger partial charge in [-0.25, -0.2) is 14.4 Å². The maximum absolute atomic E-state index is 13.4. The first-order chi connectivity index (χ1) is 8.56. The van der Waals surface area contributed by atoms with Crippen LogP contribution in [-0.4, -0.2) is 15.9 Å². The molecule has 2 rings (SSSR count). The molecule has 1 aromatic carbocycles. The van der Waals surface area contributed by atoms with E-state index in [9.17, 15) is 9.18 Å². The summed E-state index contributed by atoms with van der Waals surface area (Å²) in [7, 11) is 0. The Labute approximate surface area is 107 Å². The molecule has 18 heavy (non-hydrogen) atoms. The number of hydrogen-bond donors (Lipinski definition) is 2. The Morgan fingerprint density at radius 1 is 1.33 bits per heavy atom. The fourth-order valence-electron chi connectivity index (χ4n) is 1.23. The number of halogens is 2. The minimum absolute atomic E-state index is 0.0221. The molecule has 5 nitrogen and oxygen atoms in total. The summed E-state index contributed by atoms with van der Waals surface area (Å²) in [6, 6.07) is 3.85. The van der Waals surface area contributed by atoms with Crippen molar-refractivity contribution in [1.29, 1.82) is 0 Å². The molecule has 92 valence electrons. The molecule has 1 heterocycles. The van der Waals surface area contributed by atoms with Crippen molar-refractivity contribution in [2.75, 3.05) is 11.1 Å². The number of benzene rings is 1. The van der Waals surface area contributed by atoms with Crippen LogP contribution in [0.15, 0.2) is 30.6 Å². The van der Waals surface area contributed by atoms with E-state index in [0.29, 0.717) is 5.02 Å². The van der Waals surface area contributed by atoms with Crippen LogP contribution in [-0.2, 0) is 0 Å². The van der Waals surface area contributed by atoms with E-state index in [1.54, 1.807) is 0 Å². The third-order valence-corrected chi connectivity index (χ3v) is 2.32. The second kappa shape index (κ2) is 4.97. The first kappa shape index (κ1) is 12.3. The van der Waals surface area contributed by atoms with E-state index >= 15 is 0 Å². The highest BCUT2D eigenvalue weighted by Gasteiger charge is 2.11. The molecule has 1 aromatic heterocycles. The van der Waals surface area contributed by atoms with Crippen LogP contribution >= 0.6 is 11.6 Å². The van der Waals surface area contributed by atoms with Gasteiger partial charge in [0.1, 0.15) is 17.3 Å². The third-order valence-electron chi connectivity index (χ3n) is 2.08. The van der Waals surface area contributed by atoms with Crippen LogP contribution in [0.25, 0.3) is 0 Å². The molecule has 0 saturated heterocycles. The highest BCUT2D eigenvalue weighted by molar-refractivity contribution is 6.31. The number of amides is 1. The predicted octanol–water partition coefficient (Wildman–Crippen LogP) is 2.10. The molecule has 2 aromatic rings. The second-order valence-corrected chi connectivity index (χ2v) is 3.84. The van der Waals surface area contributed by atoms with Crippen molar-refractivity contribution in [3.8, 4) is 0 Å². The van der Waals surface area contributed by atoms with Crippen LogP contribution in [0.3, 0.4) is 0 Å². The first-order valence-corrected chi connectivity index (χ1v) is 5.28. The normalized spacial score (nSPS) is 10.1. The molecule has 0 radical (unpaired) electrons. The molecule has 0 atom stereocenters. The van der Waals surface area contributed by atoms with Crippen LogP contribution in [0, 0.1) is 5.82 Å². The Balaban J connectivity index is 2.21. The lowest BCUT2D eigenvalue weighted by Crippen LogP contribution is -2.15. The van der Waals surface area contributed by atoms with Crippen molar-refractivity contribution >= 4 is 29.0 Å². The van der Waals surface area contributed by atoms with Gasteiger partial charge in [0.25, 0.3) is 5.91 Å². The Morgan fingerprint density at radius 2 is 2.11 bits per heavy atom. The van der Waals surface area contributed by atoms with Gasteiger partial charge in [0.15, 0.2) is 0 Å². The molecule has 0 fully saturated rings. The Kier molecular flexibility index (Phi) is 3.38. The molecule has 0 aliphatic carbocycles. The van der Waals surface area contributed by atoms with E-state index in [0.717, 1.165) is 6.07 Å². The van der Waals surface area contributed by atoms with Gasteiger partial charge in [-0.05, 0) is 18.2 Å². The maximum Gasteiger partial charge on any atom is 0.275 e. The van der Waals surface area contributed by atoms with Crippen molar-refractivity contribution < 1.29 is 9.18 Å². The van der Waals surface area contributed by atoms with Crippen LogP contribution in [0.1, 0.15) is 10.5 Å². The average Bonchev–Trinajstić information content (AvgIpc) is 2.34. The number of hydrogen-bond acceptors (Lipinski definition) is 4. The molecular weight excluding hydrogens is 259 g/mol. The summed E-state index contributed by atoms with van der Waals surface area (Å²) >= 11 is 5.70. The van der Waals surface area contributed by atoms with Gasteiger partial charge < -0.3 is 11.1 Å². The molecule has 0 bridgehead atoms. The second-order valence-electron chi connectivity index (χ2n) is 3.40. The zero-order chi connectivity index (χ0) is 13.1. The molecule has 7 heteroatoms. The Morgan fingerprint density at radius 3 is 2.78 bits per heavy atom. The van der Waals surface area contributed by atoms with Gasteiger partial charge >= 0.3 is 0 Å². The molecule has 0 aliphatic rings. The fourth-order valence-corrected chi connectivity index (χ4v) is 1.41. The van der Waals surface area contributed by atoms with Gasteiger partial charge in [-0.3, -0.25) is 4.79 Å². The van der Waals surface area contributed by atoms with Gasteiger partial charge in [0.2, 0.25) is 0 Å². The minimum Gasteiger partial charge on any atom is -0.382 e. The van der Waals surface area contributed by atoms with E-state index in [4.69, 9.17) is 17.3 Å². The van der Waals surface area contributed by atoms with Gasteiger partial charge in [-0.1, -0.05) is 11.6 Å². The van der Waals surface area contributed by atoms with E-state index in [1.807, 2.05) is 0 Å². The van der Waals surface area contributed by atoms with Gasteiger partial charge in [-0.15, -0.1) is 0 Å². The van der Waals surface area contributed by atoms with Crippen molar-refractivity contribution in [1.82, 2.24) is 9.97 Å².